The largest absolute Gasteiger partial charge is 0.444 e. The van der Waals surface area contributed by atoms with Gasteiger partial charge in [0.2, 0.25) is 5.91 Å². The van der Waals surface area contributed by atoms with Crippen molar-refractivity contribution in [1.82, 2.24) is 15.5 Å². The van der Waals surface area contributed by atoms with Crippen molar-refractivity contribution in [2.24, 2.45) is 11.8 Å². The standard InChI is InChI=1S/C17H31N3O3/c1-12-7-14(18-9-15(21)19-8-13-5-6-13)11-20(10-12)16(22)23-17(2,3)4/h12-14,18H,5-11H2,1-4H3,(H,19,21). The lowest BCUT2D eigenvalue weighted by Gasteiger charge is -2.37. The van der Waals surface area contributed by atoms with Crippen molar-refractivity contribution in [3.8, 4) is 0 Å². The van der Waals surface area contributed by atoms with Crippen LogP contribution >= 0.6 is 0 Å². The van der Waals surface area contributed by atoms with Crippen molar-refractivity contribution < 1.29 is 14.3 Å². The van der Waals surface area contributed by atoms with Crippen LogP contribution in [-0.4, -0.2) is 54.7 Å². The third-order valence-corrected chi connectivity index (χ3v) is 4.15. The number of piperidine rings is 1. The van der Waals surface area contributed by atoms with E-state index >= 15 is 0 Å². The zero-order chi connectivity index (χ0) is 17.0. The summed E-state index contributed by atoms with van der Waals surface area (Å²) in [5.74, 6) is 1.12. The first-order valence-corrected chi connectivity index (χ1v) is 8.71. The topological polar surface area (TPSA) is 70.7 Å². The van der Waals surface area contributed by atoms with Crippen molar-refractivity contribution >= 4 is 12.0 Å². The lowest BCUT2D eigenvalue weighted by atomic mass is 9.96. The van der Waals surface area contributed by atoms with Crippen molar-refractivity contribution in [3.63, 3.8) is 0 Å². The van der Waals surface area contributed by atoms with Crippen LogP contribution in [0.2, 0.25) is 0 Å². The predicted molar refractivity (Wildman–Crippen MR) is 89.1 cm³/mol. The third kappa shape index (κ3) is 6.77. The van der Waals surface area contributed by atoms with Gasteiger partial charge >= 0.3 is 6.09 Å². The van der Waals surface area contributed by atoms with Gasteiger partial charge in [0, 0.05) is 25.7 Å². The Bertz CT molecular complexity index is 429. The van der Waals surface area contributed by atoms with Gasteiger partial charge in [0.15, 0.2) is 0 Å². The molecule has 2 fully saturated rings. The third-order valence-electron chi connectivity index (χ3n) is 4.15. The van der Waals surface area contributed by atoms with Crippen LogP contribution in [0.15, 0.2) is 0 Å². The monoisotopic (exact) mass is 325 g/mol. The van der Waals surface area contributed by atoms with Gasteiger partial charge < -0.3 is 20.3 Å². The minimum absolute atomic E-state index is 0.0407. The fraction of sp³-hybridized carbons (Fsp3) is 0.882. The van der Waals surface area contributed by atoms with E-state index in [1.54, 1.807) is 4.90 Å². The molecule has 0 aromatic heterocycles. The Morgan fingerprint density at radius 2 is 1.91 bits per heavy atom. The van der Waals surface area contributed by atoms with Gasteiger partial charge in [-0.25, -0.2) is 4.79 Å². The molecule has 2 aliphatic rings. The van der Waals surface area contributed by atoms with E-state index in [1.807, 2.05) is 20.8 Å². The van der Waals surface area contributed by atoms with Crippen molar-refractivity contribution in [3.05, 3.63) is 0 Å². The van der Waals surface area contributed by atoms with E-state index in [0.717, 1.165) is 13.0 Å². The number of amides is 2. The Morgan fingerprint density at radius 3 is 2.52 bits per heavy atom. The summed E-state index contributed by atoms with van der Waals surface area (Å²) < 4.78 is 5.45. The fourth-order valence-electron chi connectivity index (χ4n) is 2.85. The van der Waals surface area contributed by atoms with E-state index in [1.165, 1.54) is 12.8 Å². The van der Waals surface area contributed by atoms with Gasteiger partial charge in [-0.2, -0.15) is 0 Å². The van der Waals surface area contributed by atoms with Crippen molar-refractivity contribution in [1.29, 1.82) is 0 Å². The molecule has 2 unspecified atom stereocenters. The first-order chi connectivity index (χ1) is 10.7. The van der Waals surface area contributed by atoms with E-state index in [2.05, 4.69) is 17.6 Å². The van der Waals surface area contributed by atoms with Crippen molar-refractivity contribution in [2.75, 3.05) is 26.2 Å². The molecule has 6 nitrogen and oxygen atoms in total. The van der Waals surface area contributed by atoms with E-state index in [0.29, 0.717) is 31.5 Å². The Hall–Kier alpha value is -1.30. The van der Waals surface area contributed by atoms with Crippen LogP contribution in [0.25, 0.3) is 0 Å². The zero-order valence-electron chi connectivity index (χ0n) is 14.9. The summed E-state index contributed by atoms with van der Waals surface area (Å²) in [7, 11) is 0. The molecule has 1 heterocycles. The predicted octanol–water partition coefficient (Wildman–Crippen LogP) is 1.75. The normalized spacial score (nSPS) is 25.1. The molecule has 1 aliphatic heterocycles. The van der Waals surface area contributed by atoms with Gasteiger partial charge in [0.05, 0.1) is 6.54 Å². The molecule has 0 radical (unpaired) electrons. The van der Waals surface area contributed by atoms with Crippen LogP contribution in [0.4, 0.5) is 4.79 Å². The second kappa shape index (κ2) is 7.51. The Labute approximate surface area is 139 Å². The van der Waals surface area contributed by atoms with E-state index in [-0.39, 0.29) is 18.0 Å². The molecule has 0 aromatic carbocycles. The summed E-state index contributed by atoms with van der Waals surface area (Å²) in [6.07, 6.45) is 3.17. The molecule has 0 bridgehead atoms. The lowest BCUT2D eigenvalue weighted by Crippen LogP contribution is -2.53. The zero-order valence-corrected chi connectivity index (χ0v) is 14.9. The van der Waals surface area contributed by atoms with Gasteiger partial charge in [0.25, 0.3) is 0 Å². The summed E-state index contributed by atoms with van der Waals surface area (Å²) in [5.41, 5.74) is -0.483. The second-order valence-corrected chi connectivity index (χ2v) is 8.05. The number of hydrogen-bond acceptors (Lipinski definition) is 4. The van der Waals surface area contributed by atoms with Crippen LogP contribution in [-0.2, 0) is 9.53 Å². The minimum Gasteiger partial charge on any atom is -0.444 e. The molecular weight excluding hydrogens is 294 g/mol. The van der Waals surface area contributed by atoms with Crippen LogP contribution in [0.5, 0.6) is 0 Å². The molecule has 2 N–H and O–H groups in total. The molecule has 1 saturated carbocycles. The highest BCUT2D eigenvalue weighted by Crippen LogP contribution is 2.27. The maximum Gasteiger partial charge on any atom is 0.410 e. The van der Waals surface area contributed by atoms with E-state index in [4.69, 9.17) is 4.74 Å². The van der Waals surface area contributed by atoms with Crippen LogP contribution in [0, 0.1) is 11.8 Å². The first-order valence-electron chi connectivity index (χ1n) is 8.71. The summed E-state index contributed by atoms with van der Waals surface area (Å²) in [4.78, 5) is 25.8. The number of nitrogens with zero attached hydrogens (tertiary/aromatic N) is 1. The highest BCUT2D eigenvalue weighted by atomic mass is 16.6. The SMILES string of the molecule is CC1CC(NCC(=O)NCC2CC2)CN(C(=O)OC(C)(C)C)C1. The van der Waals surface area contributed by atoms with Gasteiger partial charge in [-0.3, -0.25) is 4.79 Å². The van der Waals surface area contributed by atoms with Gasteiger partial charge in [0.1, 0.15) is 5.60 Å². The van der Waals surface area contributed by atoms with Gasteiger partial charge in [-0.15, -0.1) is 0 Å². The summed E-state index contributed by atoms with van der Waals surface area (Å²) in [6.45, 7) is 10.2. The van der Waals surface area contributed by atoms with Gasteiger partial charge in [-0.05, 0) is 51.9 Å². The number of carbonyl (C=O) groups excluding carboxylic acids is 2. The van der Waals surface area contributed by atoms with Crippen molar-refractivity contribution in [2.45, 2.75) is 58.6 Å². The number of ether oxygens (including phenoxy) is 1. The number of hydrogen-bond donors (Lipinski definition) is 2. The summed E-state index contributed by atoms with van der Waals surface area (Å²) in [5, 5.41) is 6.24. The van der Waals surface area contributed by atoms with Crippen LogP contribution < -0.4 is 10.6 Å². The molecule has 2 rings (SSSR count). The maximum atomic E-state index is 12.2. The molecule has 6 heteroatoms. The average Bonchev–Trinajstić information content (AvgIpc) is 3.24. The van der Waals surface area contributed by atoms with E-state index < -0.39 is 5.60 Å². The number of likely N-dealkylation sites (tertiary alicyclic amines) is 1. The molecule has 0 spiro atoms. The number of carbonyl (C=O) groups is 2. The minimum atomic E-state index is -0.483. The van der Waals surface area contributed by atoms with Crippen LogP contribution in [0.3, 0.4) is 0 Å². The Morgan fingerprint density at radius 1 is 1.22 bits per heavy atom. The molecule has 0 aromatic rings. The maximum absolute atomic E-state index is 12.2. The Kier molecular flexibility index (Phi) is 5.89. The molecule has 132 valence electrons. The van der Waals surface area contributed by atoms with Crippen LogP contribution in [0.1, 0.15) is 47.0 Å². The fourth-order valence-corrected chi connectivity index (χ4v) is 2.85. The quantitative estimate of drug-likeness (QED) is 0.808. The number of rotatable bonds is 5. The number of nitrogens with one attached hydrogen (secondary N) is 2. The molecule has 2 atom stereocenters. The smallest absolute Gasteiger partial charge is 0.410 e. The molecule has 1 aliphatic carbocycles. The second-order valence-electron chi connectivity index (χ2n) is 8.05. The highest BCUT2D eigenvalue weighted by molar-refractivity contribution is 5.78. The average molecular weight is 325 g/mol. The molecule has 1 saturated heterocycles. The first kappa shape index (κ1) is 18.0. The molecular formula is C17H31N3O3. The Balaban J connectivity index is 1.75. The summed E-state index contributed by atoms with van der Waals surface area (Å²) >= 11 is 0. The van der Waals surface area contributed by atoms with Gasteiger partial charge in [-0.1, -0.05) is 6.92 Å². The van der Waals surface area contributed by atoms with E-state index in [9.17, 15) is 9.59 Å². The lowest BCUT2D eigenvalue weighted by molar-refractivity contribution is -0.120. The highest BCUT2D eigenvalue weighted by Gasteiger charge is 2.31. The molecule has 23 heavy (non-hydrogen) atoms. The summed E-state index contributed by atoms with van der Waals surface area (Å²) in [6, 6.07) is 0.137. The molecule has 2 amide bonds.